The van der Waals surface area contributed by atoms with E-state index in [0.29, 0.717) is 0 Å². The molecule has 3 rings (SSSR count). The smallest absolute Gasteiger partial charge is 0.00954 e. The van der Waals surface area contributed by atoms with E-state index in [0.717, 1.165) is 36.3 Å². The maximum Gasteiger partial charge on any atom is 0.00954 e. The highest BCUT2D eigenvalue weighted by Crippen LogP contribution is 2.57. The summed E-state index contributed by atoms with van der Waals surface area (Å²) in [5, 5.41) is 3.66. The maximum atomic E-state index is 3.66. The van der Waals surface area contributed by atoms with E-state index in [9.17, 15) is 0 Å². The van der Waals surface area contributed by atoms with Gasteiger partial charge >= 0.3 is 0 Å². The highest BCUT2D eigenvalue weighted by Gasteiger charge is 2.48. The molecule has 1 N–H and O–H groups in total. The first-order valence-electron chi connectivity index (χ1n) is 7.59. The molecule has 1 heteroatoms. The average molecular weight is 243 g/mol. The van der Waals surface area contributed by atoms with Crippen LogP contribution in [0.5, 0.6) is 0 Å². The van der Waals surface area contributed by atoms with Gasteiger partial charge in [0, 0.05) is 6.04 Å². The molecule has 0 amide bonds. The highest BCUT2D eigenvalue weighted by atomic mass is 14.9. The van der Waals surface area contributed by atoms with Gasteiger partial charge in [-0.3, -0.25) is 0 Å². The summed E-state index contributed by atoms with van der Waals surface area (Å²) in [6.45, 7) is 5.81. The summed E-state index contributed by atoms with van der Waals surface area (Å²) in [5.41, 5.74) is 1.57. The van der Waals surface area contributed by atoms with Gasteiger partial charge in [0.2, 0.25) is 0 Å². The van der Waals surface area contributed by atoms with Crippen molar-refractivity contribution in [1.82, 2.24) is 5.32 Å². The summed E-state index contributed by atoms with van der Waals surface area (Å²) in [7, 11) is 0. The van der Waals surface area contributed by atoms with Crippen molar-refractivity contribution in [3.8, 4) is 0 Å². The van der Waals surface area contributed by atoms with Crippen molar-refractivity contribution in [3.05, 3.63) is 35.9 Å². The zero-order valence-corrected chi connectivity index (χ0v) is 11.6. The molecule has 0 bridgehead atoms. The molecule has 0 aliphatic heterocycles. The second-order valence-corrected chi connectivity index (χ2v) is 6.18. The Morgan fingerprint density at radius 3 is 2.61 bits per heavy atom. The van der Waals surface area contributed by atoms with E-state index in [4.69, 9.17) is 0 Å². The monoisotopic (exact) mass is 243 g/mol. The summed E-state index contributed by atoms with van der Waals surface area (Å²) in [6, 6.07) is 11.9. The lowest BCUT2D eigenvalue weighted by molar-refractivity contribution is 0.322. The summed E-state index contributed by atoms with van der Waals surface area (Å²) in [5.74, 6) is 3.65. The van der Waals surface area contributed by atoms with Gasteiger partial charge in [0.25, 0.3) is 0 Å². The molecule has 0 saturated heterocycles. The van der Waals surface area contributed by atoms with Crippen molar-refractivity contribution < 1.29 is 0 Å². The predicted octanol–water partition coefficient (Wildman–Crippen LogP) is 3.81. The standard InChI is InChI=1S/C17H25N/c1-3-18-17-10-9-14(12(17)2)16-11-15(16)13-7-5-4-6-8-13/h4-8,12,14-18H,3,9-11H2,1-2H3. The zero-order chi connectivity index (χ0) is 12.5. The molecule has 0 radical (unpaired) electrons. The van der Waals surface area contributed by atoms with Gasteiger partial charge in [0.1, 0.15) is 0 Å². The molecule has 1 aromatic rings. The third-order valence-electron chi connectivity index (χ3n) is 5.20. The van der Waals surface area contributed by atoms with Crippen molar-refractivity contribution in [2.75, 3.05) is 6.54 Å². The van der Waals surface area contributed by atoms with E-state index >= 15 is 0 Å². The lowest BCUT2D eigenvalue weighted by Gasteiger charge is -2.21. The van der Waals surface area contributed by atoms with E-state index in [1.807, 2.05) is 0 Å². The fourth-order valence-electron chi connectivity index (χ4n) is 4.12. The van der Waals surface area contributed by atoms with Crippen LogP contribution in [0.1, 0.15) is 44.6 Å². The first-order chi connectivity index (χ1) is 8.81. The molecule has 98 valence electrons. The zero-order valence-electron chi connectivity index (χ0n) is 11.6. The van der Waals surface area contributed by atoms with Gasteiger partial charge in [-0.1, -0.05) is 44.2 Å². The number of hydrogen-bond acceptors (Lipinski definition) is 1. The quantitative estimate of drug-likeness (QED) is 0.848. The molecule has 0 aromatic heterocycles. The molecule has 18 heavy (non-hydrogen) atoms. The van der Waals surface area contributed by atoms with E-state index in [2.05, 4.69) is 49.5 Å². The van der Waals surface area contributed by atoms with E-state index in [1.54, 1.807) is 5.56 Å². The van der Waals surface area contributed by atoms with Gasteiger partial charge in [-0.2, -0.15) is 0 Å². The van der Waals surface area contributed by atoms with Crippen LogP contribution in [0.15, 0.2) is 30.3 Å². The molecular formula is C17H25N. The van der Waals surface area contributed by atoms with Crippen LogP contribution < -0.4 is 5.32 Å². The van der Waals surface area contributed by atoms with Gasteiger partial charge in [0.15, 0.2) is 0 Å². The van der Waals surface area contributed by atoms with Crippen LogP contribution in [0, 0.1) is 17.8 Å². The first-order valence-corrected chi connectivity index (χ1v) is 7.59. The summed E-state index contributed by atoms with van der Waals surface area (Å²) in [6.07, 6.45) is 4.25. The van der Waals surface area contributed by atoms with Crippen molar-refractivity contribution in [2.45, 2.75) is 45.1 Å². The molecule has 0 spiro atoms. The Kier molecular flexibility index (Phi) is 3.43. The lowest BCUT2D eigenvalue weighted by Crippen LogP contribution is -2.32. The van der Waals surface area contributed by atoms with Crippen LogP contribution in [0.2, 0.25) is 0 Å². The van der Waals surface area contributed by atoms with E-state index < -0.39 is 0 Å². The van der Waals surface area contributed by atoms with Gasteiger partial charge in [-0.25, -0.2) is 0 Å². The summed E-state index contributed by atoms with van der Waals surface area (Å²) < 4.78 is 0. The molecular weight excluding hydrogens is 218 g/mol. The van der Waals surface area contributed by atoms with Crippen molar-refractivity contribution in [3.63, 3.8) is 0 Å². The van der Waals surface area contributed by atoms with Crippen LogP contribution >= 0.6 is 0 Å². The summed E-state index contributed by atoms with van der Waals surface area (Å²) >= 11 is 0. The van der Waals surface area contributed by atoms with Crippen LogP contribution in [0.25, 0.3) is 0 Å². The average Bonchev–Trinajstić information content (AvgIpc) is 3.12. The SMILES string of the molecule is CCNC1CCC(C2CC2c2ccccc2)C1C. The Morgan fingerprint density at radius 1 is 1.11 bits per heavy atom. The van der Waals surface area contributed by atoms with Gasteiger partial charge in [-0.15, -0.1) is 0 Å². The van der Waals surface area contributed by atoms with Crippen LogP contribution in [0.3, 0.4) is 0 Å². The molecule has 0 heterocycles. The third kappa shape index (κ3) is 2.21. The topological polar surface area (TPSA) is 12.0 Å². The Hall–Kier alpha value is -0.820. The van der Waals surface area contributed by atoms with Gasteiger partial charge in [0.05, 0.1) is 0 Å². The van der Waals surface area contributed by atoms with Crippen molar-refractivity contribution >= 4 is 0 Å². The molecule has 2 aliphatic carbocycles. The number of nitrogens with one attached hydrogen (secondary N) is 1. The van der Waals surface area contributed by atoms with Gasteiger partial charge in [-0.05, 0) is 55.0 Å². The molecule has 1 aromatic carbocycles. The lowest BCUT2D eigenvalue weighted by atomic mass is 9.89. The Labute approximate surface area is 111 Å². The van der Waals surface area contributed by atoms with E-state index in [1.165, 1.54) is 19.3 Å². The summed E-state index contributed by atoms with van der Waals surface area (Å²) in [4.78, 5) is 0. The number of hydrogen-bond donors (Lipinski definition) is 1. The minimum atomic E-state index is 0.775. The fraction of sp³-hybridized carbons (Fsp3) is 0.647. The van der Waals surface area contributed by atoms with Crippen LogP contribution in [-0.2, 0) is 0 Å². The second-order valence-electron chi connectivity index (χ2n) is 6.18. The second kappa shape index (κ2) is 5.05. The Bertz CT molecular complexity index is 386. The van der Waals surface area contributed by atoms with E-state index in [-0.39, 0.29) is 0 Å². The van der Waals surface area contributed by atoms with Crippen molar-refractivity contribution in [2.24, 2.45) is 17.8 Å². The molecule has 2 fully saturated rings. The highest BCUT2D eigenvalue weighted by molar-refractivity contribution is 5.26. The molecule has 1 nitrogen and oxygen atoms in total. The molecule has 2 aliphatic rings. The first kappa shape index (κ1) is 12.2. The Morgan fingerprint density at radius 2 is 1.89 bits per heavy atom. The minimum absolute atomic E-state index is 0.775. The van der Waals surface area contributed by atoms with Gasteiger partial charge < -0.3 is 5.32 Å². The predicted molar refractivity (Wildman–Crippen MR) is 76.6 cm³/mol. The largest absolute Gasteiger partial charge is 0.314 e. The van der Waals surface area contributed by atoms with Crippen molar-refractivity contribution in [1.29, 1.82) is 0 Å². The normalized spacial score (nSPS) is 38.9. The molecule has 5 atom stereocenters. The Balaban J connectivity index is 1.62. The number of rotatable bonds is 4. The maximum absolute atomic E-state index is 3.66. The minimum Gasteiger partial charge on any atom is -0.314 e. The molecule has 5 unspecified atom stereocenters. The van der Waals surface area contributed by atoms with Crippen LogP contribution in [0.4, 0.5) is 0 Å². The fourth-order valence-corrected chi connectivity index (χ4v) is 4.12. The third-order valence-corrected chi connectivity index (χ3v) is 5.20. The molecule has 2 saturated carbocycles. The number of benzene rings is 1. The van der Waals surface area contributed by atoms with Crippen LogP contribution in [-0.4, -0.2) is 12.6 Å².